The molecular weight excluding hydrogens is 679 g/mol. The highest BCUT2D eigenvalue weighted by Gasteiger charge is 2.19. The summed E-state index contributed by atoms with van der Waals surface area (Å²) in [5.74, 6) is 0.0313. The third kappa shape index (κ3) is 8.02. The van der Waals surface area contributed by atoms with E-state index in [2.05, 4.69) is 135 Å². The SMILES string of the molecule is C=C(C)C(=O)Oc1ccc2cc(N(c3ccc(C=C(c4ccccc4)c4ccccc4)cc3)c3cc4ccc(OC(=O)C(=C)C)cc4cc3C)c(C)cc2c1. The maximum absolute atomic E-state index is 12.3. The number of fused-ring (bicyclic) bond motifs is 2. The zero-order chi connectivity index (χ0) is 38.6. The highest BCUT2D eigenvalue weighted by Crippen LogP contribution is 2.42. The molecule has 0 aliphatic heterocycles. The average Bonchev–Trinajstić information content (AvgIpc) is 3.18. The van der Waals surface area contributed by atoms with Crippen molar-refractivity contribution in [2.24, 2.45) is 0 Å². The fraction of sp³-hybridized carbons (Fsp3) is 0.0800. The van der Waals surface area contributed by atoms with Gasteiger partial charge < -0.3 is 14.4 Å². The van der Waals surface area contributed by atoms with Gasteiger partial charge in [0, 0.05) is 28.2 Å². The fourth-order valence-corrected chi connectivity index (χ4v) is 6.62. The van der Waals surface area contributed by atoms with Gasteiger partial charge in [-0.1, -0.05) is 98.1 Å². The Morgan fingerprint density at radius 2 is 0.964 bits per heavy atom. The molecule has 0 atom stereocenters. The van der Waals surface area contributed by atoms with Gasteiger partial charge in [-0.05, 0) is 149 Å². The van der Waals surface area contributed by atoms with E-state index in [1.54, 1.807) is 13.8 Å². The molecule has 0 radical (unpaired) electrons. The molecule has 5 heteroatoms. The molecule has 0 N–H and O–H groups in total. The summed E-state index contributed by atoms with van der Waals surface area (Å²) in [7, 11) is 0. The Kier molecular flexibility index (Phi) is 10.3. The van der Waals surface area contributed by atoms with Crippen LogP contribution in [0.5, 0.6) is 11.5 Å². The molecule has 5 nitrogen and oxygen atoms in total. The molecule has 55 heavy (non-hydrogen) atoms. The summed E-state index contributed by atoms with van der Waals surface area (Å²) in [6.07, 6.45) is 2.23. The van der Waals surface area contributed by atoms with E-state index in [-0.39, 0.29) is 0 Å². The van der Waals surface area contributed by atoms with Crippen LogP contribution in [0.15, 0.2) is 170 Å². The zero-order valence-corrected chi connectivity index (χ0v) is 31.4. The first-order valence-corrected chi connectivity index (χ1v) is 18.1. The number of anilines is 3. The monoisotopic (exact) mass is 719 g/mol. The van der Waals surface area contributed by atoms with Crippen LogP contribution in [-0.4, -0.2) is 11.9 Å². The minimum absolute atomic E-state index is 0.343. The van der Waals surface area contributed by atoms with E-state index in [1.807, 2.05) is 48.5 Å². The number of carbonyl (C=O) groups is 2. The van der Waals surface area contributed by atoms with Crippen molar-refractivity contribution in [1.82, 2.24) is 0 Å². The van der Waals surface area contributed by atoms with Crippen molar-refractivity contribution in [3.05, 3.63) is 198 Å². The van der Waals surface area contributed by atoms with E-state index in [9.17, 15) is 9.59 Å². The van der Waals surface area contributed by atoms with Crippen LogP contribution in [0.1, 0.15) is 41.7 Å². The molecule has 0 heterocycles. The Balaban J connectivity index is 1.34. The van der Waals surface area contributed by atoms with E-state index in [4.69, 9.17) is 9.47 Å². The lowest BCUT2D eigenvalue weighted by Crippen LogP contribution is -2.13. The fourth-order valence-electron chi connectivity index (χ4n) is 6.62. The number of benzene rings is 7. The van der Waals surface area contributed by atoms with Gasteiger partial charge in [0.2, 0.25) is 0 Å². The largest absolute Gasteiger partial charge is 0.423 e. The zero-order valence-electron chi connectivity index (χ0n) is 31.4. The lowest BCUT2D eigenvalue weighted by Gasteiger charge is -2.29. The van der Waals surface area contributed by atoms with Gasteiger partial charge in [-0.25, -0.2) is 9.59 Å². The number of esters is 2. The molecule has 0 saturated heterocycles. The van der Waals surface area contributed by atoms with Crippen LogP contribution in [0.4, 0.5) is 17.1 Å². The molecule has 0 spiro atoms. The van der Waals surface area contributed by atoms with Crippen molar-refractivity contribution in [1.29, 1.82) is 0 Å². The third-order valence-electron chi connectivity index (χ3n) is 9.48. The van der Waals surface area contributed by atoms with E-state index < -0.39 is 11.9 Å². The van der Waals surface area contributed by atoms with Crippen LogP contribution >= 0.6 is 0 Å². The Bertz CT molecular complexity index is 2480. The maximum Gasteiger partial charge on any atom is 0.338 e. The molecule has 0 bridgehead atoms. The maximum atomic E-state index is 12.3. The summed E-state index contributed by atoms with van der Waals surface area (Å²) in [6, 6.07) is 49.5. The standard InChI is InChI=1S/C50H41NO4/c1-32(2)49(52)54-44-23-19-39-30-47(34(5)25-41(39)28-44)51(48-31-40-20-24-45(55-50(53)33(3)4)29-42(40)26-35(48)6)43-21-17-36(18-22-43)27-46(37-13-9-7-10-14-37)38-15-11-8-12-16-38/h7-31H,1,3H2,2,4-6H3. The summed E-state index contributed by atoms with van der Waals surface area (Å²) >= 11 is 0. The van der Waals surface area contributed by atoms with Crippen molar-refractivity contribution >= 4 is 62.2 Å². The first-order valence-electron chi connectivity index (χ1n) is 18.1. The summed E-state index contributed by atoms with van der Waals surface area (Å²) < 4.78 is 11.1. The van der Waals surface area contributed by atoms with Crippen LogP contribution in [-0.2, 0) is 9.59 Å². The summed E-state index contributed by atoms with van der Waals surface area (Å²) in [4.78, 5) is 26.8. The molecule has 0 aromatic heterocycles. The molecule has 0 aliphatic carbocycles. The summed E-state index contributed by atoms with van der Waals surface area (Å²) in [5, 5.41) is 3.90. The molecule has 7 aromatic rings. The molecule has 0 saturated carbocycles. The van der Waals surface area contributed by atoms with E-state index >= 15 is 0 Å². The van der Waals surface area contributed by atoms with E-state index in [0.717, 1.165) is 72.0 Å². The van der Waals surface area contributed by atoms with Gasteiger partial charge in [0.1, 0.15) is 11.5 Å². The van der Waals surface area contributed by atoms with Gasteiger partial charge in [-0.3, -0.25) is 0 Å². The van der Waals surface area contributed by atoms with Gasteiger partial charge in [0.05, 0.1) is 0 Å². The van der Waals surface area contributed by atoms with Crippen LogP contribution in [0.2, 0.25) is 0 Å². The van der Waals surface area contributed by atoms with Crippen LogP contribution in [0.3, 0.4) is 0 Å². The topological polar surface area (TPSA) is 55.8 Å². The number of ether oxygens (including phenoxy) is 2. The first kappa shape index (κ1) is 36.4. The molecule has 0 unspecified atom stereocenters. The Morgan fingerprint density at radius 3 is 1.38 bits per heavy atom. The second-order valence-electron chi connectivity index (χ2n) is 13.9. The Hall–Kier alpha value is -6.98. The highest BCUT2D eigenvalue weighted by atomic mass is 16.5. The normalized spacial score (nSPS) is 10.8. The summed E-state index contributed by atoms with van der Waals surface area (Å²) in [6.45, 7) is 14.9. The predicted octanol–water partition coefficient (Wildman–Crippen LogP) is 12.6. The van der Waals surface area contributed by atoms with Gasteiger partial charge >= 0.3 is 11.9 Å². The van der Waals surface area contributed by atoms with Crippen molar-refractivity contribution in [3.63, 3.8) is 0 Å². The van der Waals surface area contributed by atoms with Crippen LogP contribution < -0.4 is 14.4 Å². The van der Waals surface area contributed by atoms with Gasteiger partial charge in [-0.15, -0.1) is 0 Å². The van der Waals surface area contributed by atoms with E-state index in [0.29, 0.717) is 22.6 Å². The minimum atomic E-state index is -0.454. The lowest BCUT2D eigenvalue weighted by atomic mass is 9.95. The number of nitrogens with zero attached hydrogens (tertiary/aromatic N) is 1. The quantitative estimate of drug-likeness (QED) is 0.0610. The van der Waals surface area contributed by atoms with Crippen LogP contribution in [0, 0.1) is 13.8 Å². The first-order chi connectivity index (χ1) is 26.5. The number of hydrogen-bond acceptors (Lipinski definition) is 5. The molecule has 0 aliphatic rings. The highest BCUT2D eigenvalue weighted by molar-refractivity contribution is 5.97. The molecule has 0 amide bonds. The average molecular weight is 720 g/mol. The smallest absolute Gasteiger partial charge is 0.338 e. The van der Waals surface area contributed by atoms with Gasteiger partial charge in [-0.2, -0.15) is 0 Å². The predicted molar refractivity (Wildman–Crippen MR) is 226 cm³/mol. The third-order valence-corrected chi connectivity index (χ3v) is 9.48. The van der Waals surface area contributed by atoms with Crippen molar-refractivity contribution in [2.45, 2.75) is 27.7 Å². The van der Waals surface area contributed by atoms with Crippen molar-refractivity contribution in [2.75, 3.05) is 4.90 Å². The number of aryl methyl sites for hydroxylation is 2. The van der Waals surface area contributed by atoms with E-state index in [1.165, 1.54) is 0 Å². The molecular formula is C50H41NO4. The Labute approximate surface area is 322 Å². The summed E-state index contributed by atoms with van der Waals surface area (Å²) in [5.41, 5.74) is 10.3. The molecule has 7 aromatic carbocycles. The van der Waals surface area contributed by atoms with Gasteiger partial charge in [0.25, 0.3) is 0 Å². The minimum Gasteiger partial charge on any atom is -0.423 e. The number of carbonyl (C=O) groups excluding carboxylic acids is 2. The Morgan fingerprint density at radius 1 is 0.527 bits per heavy atom. The molecule has 270 valence electrons. The number of hydrogen-bond donors (Lipinski definition) is 0. The second kappa shape index (κ2) is 15.6. The van der Waals surface area contributed by atoms with Crippen molar-refractivity contribution in [3.8, 4) is 11.5 Å². The lowest BCUT2D eigenvalue weighted by molar-refractivity contribution is -0.130. The second-order valence-corrected chi connectivity index (χ2v) is 13.9. The molecule has 0 fully saturated rings. The number of rotatable bonds is 10. The molecule has 7 rings (SSSR count). The van der Waals surface area contributed by atoms with Gasteiger partial charge in [0.15, 0.2) is 0 Å². The van der Waals surface area contributed by atoms with Crippen LogP contribution in [0.25, 0.3) is 33.2 Å². The van der Waals surface area contributed by atoms with Crippen molar-refractivity contribution < 1.29 is 19.1 Å².